The number of nitrogens with zero attached hydrogens (tertiary/aromatic N) is 2. The summed E-state index contributed by atoms with van der Waals surface area (Å²) in [6.45, 7) is 3.88. The molecule has 3 aromatic rings. The molecule has 0 aliphatic rings. The molecule has 182 valence electrons. The average Bonchev–Trinajstić information content (AvgIpc) is 2.84. The van der Waals surface area contributed by atoms with Crippen LogP contribution in [-0.2, 0) is 24.3 Å². The first-order valence-corrected chi connectivity index (χ1v) is 12.1. The summed E-state index contributed by atoms with van der Waals surface area (Å²) in [6, 6.07) is 14.2. The molecule has 11 heteroatoms. The monoisotopic (exact) mass is 496 g/mol. The summed E-state index contributed by atoms with van der Waals surface area (Å²) in [5.41, 5.74) is 1.10. The number of carbonyl (C=O) groups is 2. The number of sulfonamides is 1. The number of hydrogen-bond donors (Lipinski definition) is 2. The predicted molar refractivity (Wildman–Crippen MR) is 130 cm³/mol. The van der Waals surface area contributed by atoms with Crippen LogP contribution in [0.2, 0.25) is 0 Å². The summed E-state index contributed by atoms with van der Waals surface area (Å²) in [6.07, 6.45) is 4.53. The highest BCUT2D eigenvalue weighted by molar-refractivity contribution is 7.92. The summed E-state index contributed by atoms with van der Waals surface area (Å²) >= 11 is 0. The van der Waals surface area contributed by atoms with Gasteiger partial charge in [-0.05, 0) is 68.0 Å². The van der Waals surface area contributed by atoms with Crippen LogP contribution in [0.1, 0.15) is 19.4 Å². The third-order valence-electron chi connectivity index (χ3n) is 4.49. The zero-order chi connectivity index (χ0) is 25.3. The molecule has 2 N–H and O–H groups in total. The lowest BCUT2D eigenvalue weighted by atomic mass is 10.2. The molecular weight excluding hydrogens is 472 g/mol. The van der Waals surface area contributed by atoms with Gasteiger partial charge in [-0.3, -0.25) is 4.79 Å². The maximum Gasteiger partial charge on any atom is 0.331 e. The van der Waals surface area contributed by atoms with Crippen LogP contribution in [0.5, 0.6) is 5.75 Å². The van der Waals surface area contributed by atoms with Gasteiger partial charge in [0.1, 0.15) is 5.75 Å². The molecule has 0 fully saturated rings. The van der Waals surface area contributed by atoms with E-state index in [1.807, 2.05) is 6.92 Å². The Morgan fingerprint density at radius 2 is 1.69 bits per heavy atom. The number of amides is 1. The predicted octanol–water partition coefficient (Wildman–Crippen LogP) is 3.26. The number of benzene rings is 2. The van der Waals surface area contributed by atoms with Gasteiger partial charge in [0, 0.05) is 24.2 Å². The van der Waals surface area contributed by atoms with Gasteiger partial charge in [-0.15, -0.1) is 0 Å². The lowest BCUT2D eigenvalue weighted by Crippen LogP contribution is -2.29. The largest absolute Gasteiger partial charge is 0.494 e. The van der Waals surface area contributed by atoms with Crippen molar-refractivity contribution in [2.75, 3.05) is 16.6 Å². The van der Waals surface area contributed by atoms with E-state index in [9.17, 15) is 18.0 Å². The molecule has 0 spiro atoms. The molecule has 35 heavy (non-hydrogen) atoms. The van der Waals surface area contributed by atoms with Gasteiger partial charge in [-0.2, -0.15) is 0 Å². The van der Waals surface area contributed by atoms with Gasteiger partial charge in [0.05, 0.1) is 11.5 Å². The summed E-state index contributed by atoms with van der Waals surface area (Å²) in [5.74, 6) is -0.585. The van der Waals surface area contributed by atoms with Crippen molar-refractivity contribution in [3.05, 3.63) is 78.6 Å². The molecule has 0 unspecified atom stereocenters. The molecule has 1 atom stereocenters. The van der Waals surface area contributed by atoms with Crippen molar-refractivity contribution in [3.63, 3.8) is 0 Å². The Bertz CT molecular complexity index is 1280. The number of nitrogens with one attached hydrogen (secondary N) is 2. The minimum atomic E-state index is -3.90. The van der Waals surface area contributed by atoms with Crippen LogP contribution in [-0.4, -0.2) is 43.0 Å². The van der Waals surface area contributed by atoms with Crippen molar-refractivity contribution in [2.45, 2.75) is 24.8 Å². The van der Waals surface area contributed by atoms with Crippen LogP contribution in [0.25, 0.3) is 6.08 Å². The number of aromatic nitrogens is 2. The second-order valence-corrected chi connectivity index (χ2v) is 8.79. The normalized spacial score (nSPS) is 12.1. The van der Waals surface area contributed by atoms with E-state index in [4.69, 9.17) is 9.47 Å². The highest BCUT2D eigenvalue weighted by Gasteiger charge is 2.18. The minimum absolute atomic E-state index is 0.0399. The number of hydrogen-bond acceptors (Lipinski definition) is 8. The van der Waals surface area contributed by atoms with Crippen LogP contribution in [0.3, 0.4) is 0 Å². The van der Waals surface area contributed by atoms with Crippen molar-refractivity contribution in [1.82, 2.24) is 9.97 Å². The maximum atomic E-state index is 12.4. The number of ether oxygens (including phenoxy) is 2. The van der Waals surface area contributed by atoms with Gasteiger partial charge in [0.25, 0.3) is 15.9 Å². The Kier molecular flexibility index (Phi) is 8.52. The lowest BCUT2D eigenvalue weighted by molar-refractivity contribution is -0.148. The van der Waals surface area contributed by atoms with E-state index >= 15 is 0 Å². The SMILES string of the molecule is CCOc1ccc(/C=C\C(=O)O[C@H](C)C(=O)Nc2ccc(S(=O)(=O)Nc3ncccn3)cc2)cc1. The zero-order valence-electron chi connectivity index (χ0n) is 19.0. The topological polar surface area (TPSA) is 137 Å². The van der Waals surface area contributed by atoms with E-state index in [0.29, 0.717) is 12.3 Å². The molecule has 1 aromatic heterocycles. The van der Waals surface area contributed by atoms with Gasteiger partial charge in [0.2, 0.25) is 5.95 Å². The van der Waals surface area contributed by atoms with Crippen molar-refractivity contribution in [3.8, 4) is 5.75 Å². The van der Waals surface area contributed by atoms with Crippen LogP contribution in [0.4, 0.5) is 11.6 Å². The molecule has 1 amide bonds. The molecule has 2 aromatic carbocycles. The van der Waals surface area contributed by atoms with Crippen LogP contribution in [0.15, 0.2) is 78.0 Å². The van der Waals surface area contributed by atoms with E-state index < -0.39 is 28.0 Å². The maximum absolute atomic E-state index is 12.4. The summed E-state index contributed by atoms with van der Waals surface area (Å²) < 4.78 is 37.6. The first-order chi connectivity index (χ1) is 16.8. The number of esters is 1. The minimum Gasteiger partial charge on any atom is -0.494 e. The van der Waals surface area contributed by atoms with Gasteiger partial charge in [-0.25, -0.2) is 27.9 Å². The first kappa shape index (κ1) is 25.4. The van der Waals surface area contributed by atoms with Crippen molar-refractivity contribution < 1.29 is 27.5 Å². The average molecular weight is 497 g/mol. The molecule has 0 aliphatic carbocycles. The first-order valence-electron chi connectivity index (χ1n) is 10.6. The third kappa shape index (κ3) is 7.64. The van der Waals surface area contributed by atoms with E-state index in [0.717, 1.165) is 11.3 Å². The van der Waals surface area contributed by atoms with Crippen LogP contribution < -0.4 is 14.8 Å². The van der Waals surface area contributed by atoms with Crippen molar-refractivity contribution in [2.24, 2.45) is 0 Å². The molecule has 0 radical (unpaired) electrons. The molecule has 1 heterocycles. The fraction of sp³-hybridized carbons (Fsp3) is 0.167. The van der Waals surface area contributed by atoms with E-state index in [1.165, 1.54) is 49.7 Å². The fourth-order valence-electron chi connectivity index (χ4n) is 2.77. The van der Waals surface area contributed by atoms with Gasteiger partial charge in [-0.1, -0.05) is 12.1 Å². The Morgan fingerprint density at radius 3 is 2.31 bits per heavy atom. The molecule has 0 bridgehead atoms. The lowest BCUT2D eigenvalue weighted by Gasteiger charge is -2.13. The Hall–Kier alpha value is -4.25. The molecule has 3 rings (SSSR count). The summed E-state index contributed by atoms with van der Waals surface area (Å²) in [7, 11) is -3.90. The van der Waals surface area contributed by atoms with Gasteiger partial charge in [0.15, 0.2) is 6.10 Å². The summed E-state index contributed by atoms with van der Waals surface area (Å²) in [5, 5.41) is 2.57. The van der Waals surface area contributed by atoms with Crippen molar-refractivity contribution in [1.29, 1.82) is 0 Å². The second kappa shape index (κ2) is 11.7. The molecule has 0 aliphatic heterocycles. The second-order valence-electron chi connectivity index (χ2n) is 7.11. The smallest absolute Gasteiger partial charge is 0.331 e. The number of rotatable bonds is 10. The molecule has 10 nitrogen and oxygen atoms in total. The van der Waals surface area contributed by atoms with E-state index in [-0.39, 0.29) is 10.8 Å². The highest BCUT2D eigenvalue weighted by atomic mass is 32.2. The Labute approximate surface area is 203 Å². The van der Waals surface area contributed by atoms with Gasteiger partial charge >= 0.3 is 5.97 Å². The molecule has 0 saturated heterocycles. The third-order valence-corrected chi connectivity index (χ3v) is 5.83. The number of anilines is 2. The molecular formula is C24H24N4O6S. The van der Waals surface area contributed by atoms with E-state index in [1.54, 1.807) is 36.4 Å². The Morgan fingerprint density at radius 1 is 1.03 bits per heavy atom. The Balaban J connectivity index is 1.52. The summed E-state index contributed by atoms with van der Waals surface area (Å²) in [4.78, 5) is 32.0. The van der Waals surface area contributed by atoms with Crippen LogP contribution in [0, 0.1) is 0 Å². The number of carbonyl (C=O) groups excluding carboxylic acids is 2. The zero-order valence-corrected chi connectivity index (χ0v) is 19.9. The van der Waals surface area contributed by atoms with Crippen LogP contribution >= 0.6 is 0 Å². The van der Waals surface area contributed by atoms with Crippen molar-refractivity contribution >= 4 is 39.6 Å². The van der Waals surface area contributed by atoms with E-state index in [2.05, 4.69) is 20.0 Å². The fourth-order valence-corrected chi connectivity index (χ4v) is 3.72. The highest BCUT2D eigenvalue weighted by Crippen LogP contribution is 2.17. The quantitative estimate of drug-likeness (QED) is 0.322. The van der Waals surface area contributed by atoms with Gasteiger partial charge < -0.3 is 14.8 Å². The standard InChI is InChI=1S/C24H24N4O6S/c1-3-33-20-10-5-18(6-11-20)7-14-22(29)34-17(2)23(30)27-19-8-12-21(13-9-19)35(31,32)28-24-25-15-4-16-26-24/h4-17H,3H2,1-2H3,(H,27,30)(H,25,26,28)/b14-7-/t17-/m1/s1. The molecule has 0 saturated carbocycles.